The largest absolute Gasteiger partial charge is 0.447 e. The molecule has 1 amide bonds. The first-order valence-corrected chi connectivity index (χ1v) is 6.50. The van der Waals surface area contributed by atoms with Crippen molar-refractivity contribution in [2.24, 2.45) is 0 Å². The summed E-state index contributed by atoms with van der Waals surface area (Å²) >= 11 is 0. The number of amides is 1. The fourth-order valence-electron chi connectivity index (χ4n) is 2.05. The van der Waals surface area contributed by atoms with E-state index in [0.717, 1.165) is 9.88 Å². The number of nitrogens with zero attached hydrogens (tertiary/aromatic N) is 1. The number of aryl methyl sites for hydroxylation is 1. The van der Waals surface area contributed by atoms with Crippen LogP contribution in [-0.2, 0) is 17.5 Å². The number of ether oxygens (including phenoxy) is 1. The number of hydrogen-bond acceptors (Lipinski definition) is 3. The SMILES string of the molecule is [2H]N1C(=O)OC[C@@H]1C([2H])([2H])c1ccc2c(c1)c(C([2H])([2H])C([2H])([2H])N(C)C)cn2[2H]. The van der Waals surface area contributed by atoms with Crippen molar-refractivity contribution in [2.45, 2.75) is 18.8 Å². The standard InChI is InChI=1S/C16H21N3O2/c1-19(2)6-5-12-9-17-15-4-3-11(8-14(12)15)7-13-10-21-16(20)18-13/h3-4,8-9,13,17H,5-7,10H2,1-2H3,(H,18,20)/t13-/m0/s1/i5D2,6D2,7D2/hD2. The lowest BCUT2D eigenvalue weighted by molar-refractivity contribution is 0.177. The van der Waals surface area contributed by atoms with Gasteiger partial charge in [-0.15, -0.1) is 0 Å². The molecule has 5 nitrogen and oxygen atoms in total. The van der Waals surface area contributed by atoms with Gasteiger partial charge in [-0.05, 0) is 50.1 Å². The molecule has 1 aromatic heterocycles. The molecule has 2 heterocycles. The predicted molar refractivity (Wildman–Crippen MR) is 82.5 cm³/mol. The number of aromatic nitrogens is 1. The summed E-state index contributed by atoms with van der Waals surface area (Å²) in [5, 5.41) is 0.615. The number of likely N-dealkylation sites (N-methyl/N-ethyl adjacent to an activating group) is 1. The lowest BCUT2D eigenvalue weighted by Gasteiger charge is -2.09. The van der Waals surface area contributed by atoms with E-state index < -0.39 is 31.4 Å². The third-order valence-electron chi connectivity index (χ3n) is 2.99. The van der Waals surface area contributed by atoms with Crippen molar-refractivity contribution in [3.05, 3.63) is 35.5 Å². The summed E-state index contributed by atoms with van der Waals surface area (Å²) in [5.41, 5.74) is 0.249. The maximum atomic E-state index is 11.5. The number of cyclic esters (lactones) is 1. The van der Waals surface area contributed by atoms with E-state index in [0.29, 0.717) is 5.31 Å². The molecule has 1 aliphatic rings. The van der Waals surface area contributed by atoms with E-state index in [2.05, 4.69) is 0 Å². The Morgan fingerprint density at radius 2 is 2.38 bits per heavy atom. The first kappa shape index (κ1) is 7.31. The van der Waals surface area contributed by atoms with E-state index in [1.807, 2.05) is 0 Å². The van der Waals surface area contributed by atoms with Gasteiger partial charge in [-0.1, -0.05) is 6.07 Å². The summed E-state index contributed by atoms with van der Waals surface area (Å²) in [6, 6.07) is 2.99. The molecule has 0 aliphatic carbocycles. The smallest absolute Gasteiger partial charge is 0.407 e. The number of aromatic amines is 1. The molecule has 1 aromatic carbocycles. The molecule has 3 rings (SSSR count). The van der Waals surface area contributed by atoms with Crippen LogP contribution in [0.1, 0.15) is 19.4 Å². The third-order valence-corrected chi connectivity index (χ3v) is 2.99. The second-order valence-electron chi connectivity index (χ2n) is 4.90. The molecule has 112 valence electrons. The summed E-state index contributed by atoms with van der Waals surface area (Å²) in [6.07, 6.45) is -4.48. The number of benzene rings is 1. The zero-order valence-electron chi connectivity index (χ0n) is 19.8. The second kappa shape index (κ2) is 5.77. The summed E-state index contributed by atoms with van der Waals surface area (Å²) in [4.78, 5) is 13.5. The number of carbonyl (C=O) groups excluding carboxylic acids is 1. The van der Waals surface area contributed by atoms with Gasteiger partial charge < -0.3 is 19.9 Å². The molecule has 1 aliphatic heterocycles. The van der Waals surface area contributed by atoms with Crippen molar-refractivity contribution in [1.82, 2.24) is 15.2 Å². The lowest BCUT2D eigenvalue weighted by atomic mass is 10.0. The van der Waals surface area contributed by atoms with Crippen molar-refractivity contribution in [2.75, 3.05) is 27.2 Å². The van der Waals surface area contributed by atoms with Gasteiger partial charge in [0.05, 0.1) is 6.04 Å². The molecule has 0 unspecified atom stereocenters. The molecule has 5 heteroatoms. The third kappa shape index (κ3) is 3.19. The predicted octanol–water partition coefficient (Wildman–Crippen LogP) is 1.92. The van der Waals surface area contributed by atoms with Gasteiger partial charge in [0.15, 0.2) is 2.82 Å². The van der Waals surface area contributed by atoms with Gasteiger partial charge in [-0.25, -0.2) is 4.79 Å². The van der Waals surface area contributed by atoms with E-state index >= 15 is 0 Å². The number of rotatable bonds is 5. The maximum Gasteiger partial charge on any atom is 0.407 e. The Morgan fingerprint density at radius 1 is 1.52 bits per heavy atom. The Bertz CT molecular complexity index is 959. The van der Waals surface area contributed by atoms with Gasteiger partial charge in [0.1, 0.15) is 6.61 Å². The molecular formula is C16H21N3O2. The second-order valence-corrected chi connectivity index (χ2v) is 4.90. The van der Waals surface area contributed by atoms with Gasteiger partial charge in [0, 0.05) is 31.8 Å². The molecule has 0 radical (unpaired) electrons. The van der Waals surface area contributed by atoms with Gasteiger partial charge in [0.2, 0.25) is 0 Å². The fourth-order valence-corrected chi connectivity index (χ4v) is 2.05. The molecule has 0 bridgehead atoms. The molecule has 21 heavy (non-hydrogen) atoms. The van der Waals surface area contributed by atoms with Crippen molar-refractivity contribution in [1.29, 1.82) is 0 Å². The minimum atomic E-state index is -2.51. The number of hydrogen-bond donors (Lipinski definition) is 2. The maximum absolute atomic E-state index is 11.5. The van der Waals surface area contributed by atoms with Gasteiger partial charge in [-0.3, -0.25) is 0 Å². The number of fused-ring (bicyclic) bond motifs is 1. The molecule has 0 spiro atoms. The number of nitrogens with one attached hydrogen (secondary N) is 2. The first-order valence-electron chi connectivity index (χ1n) is 10.4. The van der Waals surface area contributed by atoms with Crippen LogP contribution in [0.5, 0.6) is 0 Å². The minimum Gasteiger partial charge on any atom is -0.447 e. The highest BCUT2D eigenvalue weighted by Gasteiger charge is 2.22. The highest BCUT2D eigenvalue weighted by molar-refractivity contribution is 5.84. The minimum absolute atomic E-state index is 0.0687. The van der Waals surface area contributed by atoms with Crippen molar-refractivity contribution in [3.8, 4) is 0 Å². The topological polar surface area (TPSA) is 57.4 Å². The molecule has 1 fully saturated rings. The van der Waals surface area contributed by atoms with E-state index in [9.17, 15) is 4.79 Å². The Labute approximate surface area is 135 Å². The van der Waals surface area contributed by atoms with Crippen LogP contribution >= 0.6 is 0 Å². The molecule has 1 atom stereocenters. The Morgan fingerprint density at radius 3 is 3.10 bits per heavy atom. The zero-order valence-corrected chi connectivity index (χ0v) is 11.8. The van der Waals surface area contributed by atoms with Crippen molar-refractivity contribution >= 4 is 17.0 Å². The van der Waals surface area contributed by atoms with Gasteiger partial charge >= 0.3 is 6.09 Å². The average molecular weight is 295 g/mol. The molecule has 1 saturated heterocycles. The average Bonchev–Trinajstić information content (AvgIpc) is 3.15. The number of alkyl carbamates (subject to hydrolysis) is 1. The zero-order chi connectivity index (χ0) is 21.9. The van der Waals surface area contributed by atoms with Gasteiger partial charge in [-0.2, -0.15) is 0 Å². The van der Waals surface area contributed by atoms with Crippen molar-refractivity contribution < 1.29 is 20.6 Å². The summed E-state index contributed by atoms with van der Waals surface area (Å²) < 4.78 is 70.5. The van der Waals surface area contributed by atoms with Crippen LogP contribution in [-0.4, -0.2) is 49.2 Å². The summed E-state index contributed by atoms with van der Waals surface area (Å²) in [6.45, 7) is -2.70. The van der Waals surface area contributed by atoms with Crippen LogP contribution in [0, 0.1) is 0 Å². The van der Waals surface area contributed by atoms with E-state index in [-0.39, 0.29) is 28.6 Å². The van der Waals surface area contributed by atoms with Crippen LogP contribution in [0.3, 0.4) is 0 Å². The van der Waals surface area contributed by atoms with Crippen molar-refractivity contribution in [3.63, 3.8) is 0 Å². The van der Waals surface area contributed by atoms with E-state index in [4.69, 9.17) is 15.8 Å². The highest BCUT2D eigenvalue weighted by Crippen LogP contribution is 2.21. The van der Waals surface area contributed by atoms with Gasteiger partial charge in [0.25, 0.3) is 0 Å². The number of carbonyl (C=O) groups is 1. The Balaban J connectivity index is 2.16. The molecule has 0 saturated carbocycles. The molecular weight excluding hydrogens is 266 g/mol. The van der Waals surface area contributed by atoms with Crippen LogP contribution in [0.15, 0.2) is 24.4 Å². The Hall–Kier alpha value is -2.01. The molecule has 2 N–H and O–H groups in total. The Kier molecular flexibility index (Phi) is 2.01. The summed E-state index contributed by atoms with van der Waals surface area (Å²) in [5.74, 6) is 0. The van der Waals surface area contributed by atoms with E-state index in [1.165, 1.54) is 38.5 Å². The first-order chi connectivity index (χ1) is 13.2. The normalized spacial score (nSPS) is 26.3. The molecule has 2 aromatic rings. The highest BCUT2D eigenvalue weighted by atomic mass is 16.6. The van der Waals surface area contributed by atoms with E-state index in [1.54, 1.807) is 0 Å². The summed E-state index contributed by atoms with van der Waals surface area (Å²) in [7, 11) is 2.81. The fraction of sp³-hybridized carbons (Fsp3) is 0.438. The quantitative estimate of drug-likeness (QED) is 0.886. The number of H-pyrrole nitrogens is 1. The van der Waals surface area contributed by atoms with Crippen LogP contribution < -0.4 is 5.31 Å². The lowest BCUT2D eigenvalue weighted by Crippen LogP contribution is -2.28. The monoisotopic (exact) mass is 295 g/mol. The van der Waals surface area contributed by atoms with Crippen LogP contribution in [0.2, 0.25) is 2.82 Å². The van der Waals surface area contributed by atoms with Crippen LogP contribution in [0.25, 0.3) is 10.9 Å². The van der Waals surface area contributed by atoms with Crippen LogP contribution in [0.4, 0.5) is 4.79 Å².